The van der Waals surface area contributed by atoms with Crippen molar-refractivity contribution >= 4 is 17.5 Å². The van der Waals surface area contributed by atoms with Gasteiger partial charge >= 0.3 is 0 Å². The SMILES string of the molecule is COc1ccc(C2(C(=O)N3CCCC(c4nc(-c5ccc(NC(C)=O)cc5)no4)C3)CC2)cc1. The summed E-state index contributed by atoms with van der Waals surface area (Å²) >= 11 is 0. The largest absolute Gasteiger partial charge is 0.497 e. The fraction of sp³-hybridized carbons (Fsp3) is 0.385. The zero-order valence-electron chi connectivity index (χ0n) is 19.4. The fourth-order valence-electron chi connectivity index (χ4n) is 4.75. The fourth-order valence-corrected chi connectivity index (χ4v) is 4.75. The topological polar surface area (TPSA) is 97.6 Å². The van der Waals surface area contributed by atoms with E-state index in [2.05, 4.69) is 15.5 Å². The number of hydrogen-bond donors (Lipinski definition) is 1. The Kier molecular flexibility index (Phi) is 5.81. The van der Waals surface area contributed by atoms with Crippen LogP contribution in [0.5, 0.6) is 5.75 Å². The van der Waals surface area contributed by atoms with Crippen LogP contribution in [0.2, 0.25) is 0 Å². The number of carbonyl (C=O) groups excluding carboxylic acids is 2. The molecule has 1 aliphatic heterocycles. The molecule has 3 aromatic rings. The zero-order valence-corrected chi connectivity index (χ0v) is 19.4. The first kappa shape index (κ1) is 22.1. The second-order valence-electron chi connectivity index (χ2n) is 9.12. The van der Waals surface area contributed by atoms with Gasteiger partial charge in [-0.05, 0) is 67.6 Å². The van der Waals surface area contributed by atoms with Gasteiger partial charge in [-0.1, -0.05) is 17.3 Å². The van der Waals surface area contributed by atoms with Crippen LogP contribution in [0.3, 0.4) is 0 Å². The molecule has 1 unspecified atom stereocenters. The van der Waals surface area contributed by atoms with Gasteiger partial charge in [0.2, 0.25) is 23.5 Å². The molecule has 176 valence electrons. The maximum absolute atomic E-state index is 13.5. The van der Waals surface area contributed by atoms with Gasteiger partial charge in [-0.3, -0.25) is 9.59 Å². The molecule has 2 fully saturated rings. The van der Waals surface area contributed by atoms with Gasteiger partial charge in [0, 0.05) is 31.3 Å². The summed E-state index contributed by atoms with van der Waals surface area (Å²) in [6.07, 6.45) is 3.55. The number of rotatable bonds is 6. The van der Waals surface area contributed by atoms with Gasteiger partial charge in [0.05, 0.1) is 18.4 Å². The van der Waals surface area contributed by atoms with Gasteiger partial charge in [0.15, 0.2) is 0 Å². The third-order valence-electron chi connectivity index (χ3n) is 6.77. The molecule has 0 bridgehead atoms. The molecule has 2 aromatic carbocycles. The van der Waals surface area contributed by atoms with Crippen molar-refractivity contribution in [2.75, 3.05) is 25.5 Å². The average Bonchev–Trinajstić information content (AvgIpc) is 3.53. The number of benzene rings is 2. The number of ether oxygens (including phenoxy) is 1. The molecule has 1 N–H and O–H groups in total. The van der Waals surface area contributed by atoms with E-state index in [0.717, 1.165) is 49.1 Å². The molecule has 8 nitrogen and oxygen atoms in total. The molecule has 1 aliphatic carbocycles. The molecule has 0 spiro atoms. The number of hydrogen-bond acceptors (Lipinski definition) is 6. The van der Waals surface area contributed by atoms with E-state index in [9.17, 15) is 9.59 Å². The van der Waals surface area contributed by atoms with Crippen molar-refractivity contribution in [1.29, 1.82) is 0 Å². The van der Waals surface area contributed by atoms with Crippen LogP contribution >= 0.6 is 0 Å². The maximum Gasteiger partial charge on any atom is 0.233 e. The molecular formula is C26H28N4O4. The third-order valence-corrected chi connectivity index (χ3v) is 6.77. The Hall–Kier alpha value is -3.68. The second-order valence-corrected chi connectivity index (χ2v) is 9.12. The lowest BCUT2D eigenvalue weighted by molar-refractivity contribution is -0.135. The molecular weight excluding hydrogens is 432 g/mol. The Morgan fingerprint density at radius 3 is 2.50 bits per heavy atom. The lowest BCUT2D eigenvalue weighted by Gasteiger charge is -2.34. The van der Waals surface area contributed by atoms with Gasteiger partial charge in [0.25, 0.3) is 0 Å². The minimum atomic E-state index is -0.413. The Morgan fingerprint density at radius 1 is 1.12 bits per heavy atom. The van der Waals surface area contributed by atoms with Crippen molar-refractivity contribution in [2.45, 2.75) is 43.9 Å². The smallest absolute Gasteiger partial charge is 0.233 e. The van der Waals surface area contributed by atoms with E-state index in [1.165, 1.54) is 6.92 Å². The normalized spacial score (nSPS) is 18.9. The predicted molar refractivity (Wildman–Crippen MR) is 126 cm³/mol. The number of methoxy groups -OCH3 is 1. The van der Waals surface area contributed by atoms with Crippen LogP contribution in [-0.2, 0) is 15.0 Å². The molecule has 2 amide bonds. The lowest BCUT2D eigenvalue weighted by atomic mass is 9.91. The number of anilines is 1. The molecule has 1 atom stereocenters. The van der Waals surface area contributed by atoms with E-state index in [4.69, 9.17) is 9.26 Å². The van der Waals surface area contributed by atoms with E-state index in [1.807, 2.05) is 53.4 Å². The predicted octanol–water partition coefficient (Wildman–Crippen LogP) is 4.14. The number of likely N-dealkylation sites (tertiary alicyclic amines) is 1. The number of nitrogens with one attached hydrogen (secondary N) is 1. The summed E-state index contributed by atoms with van der Waals surface area (Å²) in [5.41, 5.74) is 2.17. The van der Waals surface area contributed by atoms with Crippen LogP contribution in [0.15, 0.2) is 53.1 Å². The number of piperidine rings is 1. The zero-order chi connectivity index (χ0) is 23.7. The number of aromatic nitrogens is 2. The van der Waals surface area contributed by atoms with Gasteiger partial charge < -0.3 is 19.5 Å². The van der Waals surface area contributed by atoms with Crippen molar-refractivity contribution in [3.8, 4) is 17.1 Å². The van der Waals surface area contributed by atoms with Crippen molar-refractivity contribution in [2.24, 2.45) is 0 Å². The Bertz CT molecular complexity index is 1180. The molecule has 1 aromatic heterocycles. The summed E-state index contributed by atoms with van der Waals surface area (Å²) in [5.74, 6) is 1.95. The molecule has 1 saturated carbocycles. The highest BCUT2D eigenvalue weighted by atomic mass is 16.5. The van der Waals surface area contributed by atoms with Crippen LogP contribution in [0.1, 0.15) is 50.0 Å². The average molecular weight is 461 g/mol. The number of amides is 2. The van der Waals surface area contributed by atoms with Crippen molar-refractivity contribution in [3.05, 3.63) is 60.0 Å². The Morgan fingerprint density at radius 2 is 1.85 bits per heavy atom. The third kappa shape index (κ3) is 4.27. The van der Waals surface area contributed by atoms with Crippen LogP contribution in [0, 0.1) is 0 Å². The quantitative estimate of drug-likeness (QED) is 0.594. The van der Waals surface area contributed by atoms with E-state index in [1.54, 1.807) is 7.11 Å². The lowest BCUT2D eigenvalue weighted by Crippen LogP contribution is -2.44. The first-order valence-electron chi connectivity index (χ1n) is 11.6. The van der Waals surface area contributed by atoms with Crippen LogP contribution in [0.25, 0.3) is 11.4 Å². The first-order chi connectivity index (χ1) is 16.5. The summed E-state index contributed by atoms with van der Waals surface area (Å²) < 4.78 is 10.9. The first-order valence-corrected chi connectivity index (χ1v) is 11.6. The summed E-state index contributed by atoms with van der Waals surface area (Å²) in [6, 6.07) is 15.2. The summed E-state index contributed by atoms with van der Waals surface area (Å²) in [4.78, 5) is 31.4. The molecule has 2 aliphatic rings. The minimum absolute atomic E-state index is 0.0178. The van der Waals surface area contributed by atoms with E-state index < -0.39 is 5.41 Å². The van der Waals surface area contributed by atoms with E-state index in [0.29, 0.717) is 23.9 Å². The van der Waals surface area contributed by atoms with Crippen molar-refractivity contribution in [1.82, 2.24) is 15.0 Å². The highest BCUT2D eigenvalue weighted by Crippen LogP contribution is 2.50. The van der Waals surface area contributed by atoms with Crippen molar-refractivity contribution in [3.63, 3.8) is 0 Å². The van der Waals surface area contributed by atoms with Crippen molar-refractivity contribution < 1.29 is 18.8 Å². The van der Waals surface area contributed by atoms with Gasteiger partial charge in [0.1, 0.15) is 5.75 Å². The molecule has 5 rings (SSSR count). The highest BCUT2D eigenvalue weighted by molar-refractivity contribution is 5.91. The Balaban J connectivity index is 1.28. The monoisotopic (exact) mass is 460 g/mol. The van der Waals surface area contributed by atoms with Crippen LogP contribution in [-0.4, -0.2) is 47.1 Å². The van der Waals surface area contributed by atoms with Crippen LogP contribution in [0.4, 0.5) is 5.69 Å². The van der Waals surface area contributed by atoms with Gasteiger partial charge in [-0.15, -0.1) is 0 Å². The highest BCUT2D eigenvalue weighted by Gasteiger charge is 2.53. The van der Waals surface area contributed by atoms with E-state index >= 15 is 0 Å². The standard InChI is InChI=1S/C26H28N4O4/c1-17(31)27-21-9-5-18(6-10-21)23-28-24(34-29-23)19-4-3-15-30(16-19)25(32)26(13-14-26)20-7-11-22(33-2)12-8-20/h5-12,19H,3-4,13-16H2,1-2H3,(H,27,31). The second kappa shape index (κ2) is 8.93. The molecule has 1 saturated heterocycles. The molecule has 2 heterocycles. The molecule has 34 heavy (non-hydrogen) atoms. The van der Waals surface area contributed by atoms with Gasteiger partial charge in [-0.25, -0.2) is 0 Å². The molecule has 8 heteroatoms. The maximum atomic E-state index is 13.5. The summed E-state index contributed by atoms with van der Waals surface area (Å²) in [5, 5.41) is 6.90. The minimum Gasteiger partial charge on any atom is -0.497 e. The molecule has 0 radical (unpaired) electrons. The van der Waals surface area contributed by atoms with Gasteiger partial charge in [-0.2, -0.15) is 4.98 Å². The van der Waals surface area contributed by atoms with Crippen LogP contribution < -0.4 is 10.1 Å². The number of carbonyl (C=O) groups is 2. The van der Waals surface area contributed by atoms with E-state index in [-0.39, 0.29) is 17.7 Å². The summed E-state index contributed by atoms with van der Waals surface area (Å²) in [6.45, 7) is 2.80. The number of nitrogens with zero attached hydrogens (tertiary/aromatic N) is 3. The Labute approximate surface area is 198 Å². The summed E-state index contributed by atoms with van der Waals surface area (Å²) in [7, 11) is 1.64.